The van der Waals surface area contributed by atoms with E-state index >= 15 is 0 Å². The monoisotopic (exact) mass is 304 g/mol. The summed E-state index contributed by atoms with van der Waals surface area (Å²) in [5, 5.41) is 0. The summed E-state index contributed by atoms with van der Waals surface area (Å²) in [4.78, 5) is 0. The highest BCUT2D eigenvalue weighted by molar-refractivity contribution is 7.89. The fraction of sp³-hybridized carbons (Fsp3) is 0.250. The van der Waals surface area contributed by atoms with Crippen LogP contribution in [0, 0.1) is 0 Å². The molecule has 0 amide bonds. The van der Waals surface area contributed by atoms with Gasteiger partial charge in [-0.05, 0) is 36.1 Å². The highest BCUT2D eigenvalue weighted by Gasteiger charge is 2.09. The minimum Gasteiger partial charge on any atom is -0.399 e. The van der Waals surface area contributed by atoms with Gasteiger partial charge in [0.2, 0.25) is 10.0 Å². The van der Waals surface area contributed by atoms with Crippen molar-refractivity contribution in [3.05, 3.63) is 65.7 Å². The van der Waals surface area contributed by atoms with Crippen LogP contribution in [0.2, 0.25) is 0 Å². The van der Waals surface area contributed by atoms with E-state index in [1.165, 1.54) is 0 Å². The lowest BCUT2D eigenvalue weighted by atomic mass is 10.1. The number of aryl methyl sites for hydroxylation is 1. The van der Waals surface area contributed by atoms with Crippen LogP contribution in [0.3, 0.4) is 0 Å². The Kier molecular flexibility index (Phi) is 5.36. The first kappa shape index (κ1) is 15.5. The van der Waals surface area contributed by atoms with E-state index in [1.54, 1.807) is 12.1 Å². The molecule has 112 valence electrons. The van der Waals surface area contributed by atoms with E-state index in [0.717, 1.165) is 17.5 Å². The van der Waals surface area contributed by atoms with Crippen LogP contribution in [0.4, 0.5) is 5.69 Å². The lowest BCUT2D eigenvalue weighted by Crippen LogP contribution is -2.26. The molecule has 2 aromatic carbocycles. The van der Waals surface area contributed by atoms with E-state index in [1.807, 2.05) is 42.5 Å². The van der Waals surface area contributed by atoms with Crippen LogP contribution in [-0.2, 0) is 23.0 Å². The second-order valence-corrected chi connectivity index (χ2v) is 6.90. The molecule has 0 unspecified atom stereocenters. The molecule has 0 radical (unpaired) electrons. The zero-order chi connectivity index (χ0) is 15.1. The van der Waals surface area contributed by atoms with Gasteiger partial charge < -0.3 is 5.73 Å². The number of anilines is 1. The Bertz CT molecular complexity index is 652. The van der Waals surface area contributed by atoms with E-state index in [0.29, 0.717) is 18.7 Å². The summed E-state index contributed by atoms with van der Waals surface area (Å²) in [6, 6.07) is 17.1. The van der Waals surface area contributed by atoms with Gasteiger partial charge in [-0.25, -0.2) is 13.1 Å². The second kappa shape index (κ2) is 7.24. The molecule has 3 N–H and O–H groups in total. The Hall–Kier alpha value is -1.85. The van der Waals surface area contributed by atoms with Crippen LogP contribution in [0.1, 0.15) is 17.5 Å². The van der Waals surface area contributed by atoms with E-state index in [4.69, 9.17) is 5.73 Å². The molecule has 0 heterocycles. The smallest absolute Gasteiger partial charge is 0.211 e. The largest absolute Gasteiger partial charge is 0.399 e. The lowest BCUT2D eigenvalue weighted by molar-refractivity contribution is 0.578. The summed E-state index contributed by atoms with van der Waals surface area (Å²) < 4.78 is 26.5. The first-order chi connectivity index (χ1) is 10.1. The maximum atomic E-state index is 11.9. The van der Waals surface area contributed by atoms with Gasteiger partial charge in [0.05, 0.1) is 5.75 Å². The maximum Gasteiger partial charge on any atom is 0.211 e. The fourth-order valence-electron chi connectivity index (χ4n) is 2.01. The average molecular weight is 304 g/mol. The Morgan fingerprint density at radius 2 is 1.57 bits per heavy atom. The maximum absolute atomic E-state index is 11.9. The molecule has 5 heteroatoms. The van der Waals surface area contributed by atoms with Crippen LogP contribution in [0.5, 0.6) is 0 Å². The number of benzene rings is 2. The summed E-state index contributed by atoms with van der Waals surface area (Å²) in [5.41, 5.74) is 8.32. The van der Waals surface area contributed by atoms with Gasteiger partial charge in [0.25, 0.3) is 0 Å². The van der Waals surface area contributed by atoms with E-state index < -0.39 is 10.0 Å². The molecule has 0 atom stereocenters. The predicted octanol–water partition coefficient (Wildman–Crippen LogP) is 2.32. The van der Waals surface area contributed by atoms with Gasteiger partial charge in [0.15, 0.2) is 0 Å². The van der Waals surface area contributed by atoms with Crippen molar-refractivity contribution in [1.82, 2.24) is 4.72 Å². The van der Waals surface area contributed by atoms with Crippen molar-refractivity contribution in [3.8, 4) is 0 Å². The quantitative estimate of drug-likeness (QED) is 0.771. The number of hydrogen-bond donors (Lipinski definition) is 2. The molecule has 4 nitrogen and oxygen atoms in total. The Morgan fingerprint density at radius 3 is 2.24 bits per heavy atom. The number of nitrogen functional groups attached to an aromatic ring is 1. The standard InChI is InChI=1S/C16H20N2O2S/c17-16-10-8-15(9-11-16)13-18-21(19,20)12-4-7-14-5-2-1-3-6-14/h1-3,5-6,8-11,18H,4,7,12-13,17H2. The Balaban J connectivity index is 1.78. The molecule has 2 rings (SSSR count). The third-order valence-electron chi connectivity index (χ3n) is 3.20. The molecule has 21 heavy (non-hydrogen) atoms. The number of nitrogens with two attached hydrogens (primary N) is 1. The molecule has 0 saturated heterocycles. The molecule has 2 aromatic rings. The van der Waals surface area contributed by atoms with Crippen LogP contribution < -0.4 is 10.5 Å². The molecule has 0 spiro atoms. The summed E-state index contributed by atoms with van der Waals surface area (Å²) in [6.07, 6.45) is 1.38. The second-order valence-electron chi connectivity index (χ2n) is 4.97. The summed E-state index contributed by atoms with van der Waals surface area (Å²) in [6.45, 7) is 0.300. The van der Waals surface area contributed by atoms with Gasteiger partial charge in [-0.15, -0.1) is 0 Å². The first-order valence-corrected chi connectivity index (χ1v) is 8.56. The molecule has 0 aliphatic rings. The summed E-state index contributed by atoms with van der Waals surface area (Å²) in [5.74, 6) is 0.136. The predicted molar refractivity (Wildman–Crippen MR) is 86.2 cm³/mol. The van der Waals surface area contributed by atoms with Gasteiger partial charge in [-0.3, -0.25) is 0 Å². The zero-order valence-electron chi connectivity index (χ0n) is 11.8. The van der Waals surface area contributed by atoms with Gasteiger partial charge in [0.1, 0.15) is 0 Å². The molecule has 0 aliphatic carbocycles. The zero-order valence-corrected chi connectivity index (χ0v) is 12.6. The number of sulfonamides is 1. The molecule has 0 saturated carbocycles. The molecular formula is C16H20N2O2S. The average Bonchev–Trinajstić information content (AvgIpc) is 2.48. The third kappa shape index (κ3) is 5.57. The van der Waals surface area contributed by atoms with Crippen molar-refractivity contribution in [2.45, 2.75) is 19.4 Å². The highest BCUT2D eigenvalue weighted by Crippen LogP contribution is 2.07. The third-order valence-corrected chi connectivity index (χ3v) is 4.61. The van der Waals surface area contributed by atoms with Crippen molar-refractivity contribution in [1.29, 1.82) is 0 Å². The van der Waals surface area contributed by atoms with Crippen molar-refractivity contribution >= 4 is 15.7 Å². The summed E-state index contributed by atoms with van der Waals surface area (Å²) >= 11 is 0. The van der Waals surface area contributed by atoms with Crippen LogP contribution >= 0.6 is 0 Å². The normalized spacial score (nSPS) is 11.4. The number of hydrogen-bond acceptors (Lipinski definition) is 3. The van der Waals surface area contributed by atoms with Crippen molar-refractivity contribution < 1.29 is 8.42 Å². The minimum atomic E-state index is -3.24. The van der Waals surface area contributed by atoms with Crippen molar-refractivity contribution in [3.63, 3.8) is 0 Å². The van der Waals surface area contributed by atoms with Gasteiger partial charge in [-0.2, -0.15) is 0 Å². The van der Waals surface area contributed by atoms with Gasteiger partial charge in [-0.1, -0.05) is 42.5 Å². The van der Waals surface area contributed by atoms with Gasteiger partial charge in [0, 0.05) is 12.2 Å². The molecular weight excluding hydrogens is 284 g/mol. The SMILES string of the molecule is Nc1ccc(CNS(=O)(=O)CCCc2ccccc2)cc1. The summed E-state index contributed by atoms with van der Waals surface area (Å²) in [7, 11) is -3.24. The lowest BCUT2D eigenvalue weighted by Gasteiger charge is -2.07. The minimum absolute atomic E-state index is 0.136. The van der Waals surface area contributed by atoms with E-state index in [9.17, 15) is 8.42 Å². The van der Waals surface area contributed by atoms with Crippen molar-refractivity contribution in [2.24, 2.45) is 0 Å². The van der Waals surface area contributed by atoms with Crippen molar-refractivity contribution in [2.75, 3.05) is 11.5 Å². The first-order valence-electron chi connectivity index (χ1n) is 6.91. The van der Waals surface area contributed by atoms with Crippen LogP contribution in [0.15, 0.2) is 54.6 Å². The van der Waals surface area contributed by atoms with E-state index in [2.05, 4.69) is 4.72 Å². The Labute approximate surface area is 126 Å². The van der Waals surface area contributed by atoms with Crippen LogP contribution in [0.25, 0.3) is 0 Å². The molecule has 0 aromatic heterocycles. The molecule has 0 aliphatic heterocycles. The Morgan fingerprint density at radius 1 is 0.905 bits per heavy atom. The molecule has 0 fully saturated rings. The number of nitrogens with one attached hydrogen (secondary N) is 1. The van der Waals surface area contributed by atoms with E-state index in [-0.39, 0.29) is 5.75 Å². The number of rotatable bonds is 7. The topological polar surface area (TPSA) is 72.2 Å². The molecule has 0 bridgehead atoms. The van der Waals surface area contributed by atoms with Gasteiger partial charge >= 0.3 is 0 Å². The van der Waals surface area contributed by atoms with Crippen LogP contribution in [-0.4, -0.2) is 14.2 Å². The highest BCUT2D eigenvalue weighted by atomic mass is 32.2. The fourth-order valence-corrected chi connectivity index (χ4v) is 3.07.